The second kappa shape index (κ2) is 6.57. The third kappa shape index (κ3) is 3.32. The van der Waals surface area contributed by atoms with E-state index in [1.165, 1.54) is 25.0 Å². The van der Waals surface area contributed by atoms with Gasteiger partial charge in [-0.25, -0.2) is 4.39 Å². The van der Waals surface area contributed by atoms with Crippen LogP contribution in [-0.2, 0) is 6.54 Å². The zero-order valence-electron chi connectivity index (χ0n) is 11.6. The van der Waals surface area contributed by atoms with Gasteiger partial charge < -0.3 is 9.73 Å². The first-order chi connectivity index (χ1) is 9.24. The third-order valence-corrected chi connectivity index (χ3v) is 3.82. The normalized spacial score (nSPS) is 20.0. The first kappa shape index (κ1) is 15.3. The summed E-state index contributed by atoms with van der Waals surface area (Å²) < 4.78 is 18.9. The molecule has 1 unspecified atom stereocenters. The Kier molecular flexibility index (Phi) is 5.02. The predicted molar refractivity (Wildman–Crippen MR) is 80.8 cm³/mol. The van der Waals surface area contributed by atoms with E-state index in [0.29, 0.717) is 6.04 Å². The summed E-state index contributed by atoms with van der Waals surface area (Å²) in [6.07, 6.45) is 2.44. The predicted octanol–water partition coefficient (Wildman–Crippen LogP) is 3.18. The van der Waals surface area contributed by atoms with Gasteiger partial charge in [0.25, 0.3) is 0 Å². The van der Waals surface area contributed by atoms with Crippen LogP contribution in [-0.4, -0.2) is 31.1 Å². The summed E-state index contributed by atoms with van der Waals surface area (Å²) in [6, 6.07) is 7.17. The topological polar surface area (TPSA) is 28.4 Å². The lowest BCUT2D eigenvalue weighted by atomic mass is 10.1. The van der Waals surface area contributed by atoms with Gasteiger partial charge in [-0.15, -0.1) is 12.4 Å². The minimum atomic E-state index is -0.215. The number of likely N-dealkylation sites (N-methyl/N-ethyl adjacent to an activating group) is 1. The highest BCUT2D eigenvalue weighted by Gasteiger charge is 2.19. The van der Waals surface area contributed by atoms with Gasteiger partial charge in [0.15, 0.2) is 0 Å². The van der Waals surface area contributed by atoms with Crippen molar-refractivity contribution in [2.45, 2.75) is 25.4 Å². The fraction of sp³-hybridized carbons (Fsp3) is 0.467. The molecule has 1 aliphatic rings. The van der Waals surface area contributed by atoms with Gasteiger partial charge in [-0.05, 0) is 50.7 Å². The van der Waals surface area contributed by atoms with Gasteiger partial charge >= 0.3 is 0 Å². The van der Waals surface area contributed by atoms with Gasteiger partial charge in [-0.2, -0.15) is 0 Å². The Morgan fingerprint density at radius 3 is 3.05 bits per heavy atom. The minimum absolute atomic E-state index is 0. The van der Waals surface area contributed by atoms with Gasteiger partial charge in [0.2, 0.25) is 0 Å². The molecular formula is C15H20ClFN2O. The van der Waals surface area contributed by atoms with Gasteiger partial charge in [0.05, 0.1) is 6.54 Å². The zero-order valence-corrected chi connectivity index (χ0v) is 12.4. The number of hydrogen-bond acceptors (Lipinski definition) is 3. The molecule has 0 aliphatic carbocycles. The fourth-order valence-corrected chi connectivity index (χ4v) is 2.80. The average molecular weight is 299 g/mol. The highest BCUT2D eigenvalue weighted by atomic mass is 35.5. The van der Waals surface area contributed by atoms with Crippen molar-refractivity contribution in [1.29, 1.82) is 0 Å². The number of piperidine rings is 1. The van der Waals surface area contributed by atoms with Crippen LogP contribution in [0.1, 0.15) is 18.6 Å². The molecule has 1 fully saturated rings. The molecule has 0 saturated carbocycles. The Morgan fingerprint density at radius 1 is 1.40 bits per heavy atom. The molecule has 1 N–H and O–H groups in total. The Balaban J connectivity index is 0.00000147. The first-order valence-electron chi connectivity index (χ1n) is 6.82. The fourth-order valence-electron chi connectivity index (χ4n) is 2.80. The molecule has 3 rings (SSSR count). The molecule has 1 aromatic heterocycles. The van der Waals surface area contributed by atoms with Gasteiger partial charge in [0, 0.05) is 18.0 Å². The van der Waals surface area contributed by atoms with E-state index in [-0.39, 0.29) is 18.2 Å². The lowest BCUT2D eigenvalue weighted by Gasteiger charge is -2.31. The number of furan rings is 1. The maximum atomic E-state index is 13.1. The molecule has 20 heavy (non-hydrogen) atoms. The van der Waals surface area contributed by atoms with Crippen LogP contribution in [0, 0.1) is 5.82 Å². The molecule has 0 bridgehead atoms. The molecule has 5 heteroatoms. The minimum Gasteiger partial charge on any atom is -0.460 e. The van der Waals surface area contributed by atoms with Crippen LogP contribution in [0.15, 0.2) is 28.7 Å². The second-order valence-corrected chi connectivity index (χ2v) is 5.26. The smallest absolute Gasteiger partial charge is 0.134 e. The quantitative estimate of drug-likeness (QED) is 0.943. The van der Waals surface area contributed by atoms with Crippen molar-refractivity contribution in [3.05, 3.63) is 35.8 Å². The standard InChI is InChI=1S/C15H19FN2O.ClH/c1-17-13-3-2-6-18(9-13)10-14-8-11-7-12(16)4-5-15(11)19-14;/h4-5,7-8,13,17H,2-3,6,9-10H2,1H3;1H. The molecule has 1 saturated heterocycles. The number of hydrogen-bond donors (Lipinski definition) is 1. The summed E-state index contributed by atoms with van der Waals surface area (Å²) in [4.78, 5) is 2.39. The highest BCUT2D eigenvalue weighted by Crippen LogP contribution is 2.22. The number of benzene rings is 1. The monoisotopic (exact) mass is 298 g/mol. The molecule has 1 atom stereocenters. The lowest BCUT2D eigenvalue weighted by Crippen LogP contribution is -2.43. The van der Waals surface area contributed by atoms with Crippen LogP contribution in [0.2, 0.25) is 0 Å². The van der Waals surface area contributed by atoms with Crippen LogP contribution in [0.5, 0.6) is 0 Å². The maximum absolute atomic E-state index is 13.1. The maximum Gasteiger partial charge on any atom is 0.134 e. The summed E-state index contributed by atoms with van der Waals surface area (Å²) in [6.45, 7) is 2.94. The van der Waals surface area contributed by atoms with Crippen molar-refractivity contribution in [2.75, 3.05) is 20.1 Å². The molecule has 0 spiro atoms. The Bertz CT molecular complexity index is 572. The number of nitrogens with zero attached hydrogens (tertiary/aromatic N) is 1. The zero-order chi connectivity index (χ0) is 13.2. The number of nitrogens with one attached hydrogen (secondary N) is 1. The Morgan fingerprint density at radius 2 is 2.25 bits per heavy atom. The van der Waals surface area contributed by atoms with Crippen LogP contribution in [0.3, 0.4) is 0 Å². The van der Waals surface area contributed by atoms with Crippen LogP contribution in [0.4, 0.5) is 4.39 Å². The summed E-state index contributed by atoms with van der Waals surface area (Å²) in [5, 5.41) is 4.18. The Hall–Kier alpha value is -1.10. The average Bonchev–Trinajstić information content (AvgIpc) is 2.80. The number of rotatable bonds is 3. The van der Waals surface area contributed by atoms with E-state index in [4.69, 9.17) is 4.42 Å². The van der Waals surface area contributed by atoms with Gasteiger partial charge in [0.1, 0.15) is 17.2 Å². The number of fused-ring (bicyclic) bond motifs is 1. The molecule has 3 nitrogen and oxygen atoms in total. The van der Waals surface area contributed by atoms with Crippen molar-refractivity contribution < 1.29 is 8.81 Å². The third-order valence-electron chi connectivity index (χ3n) is 3.82. The SMILES string of the molecule is CNC1CCCN(Cc2cc3cc(F)ccc3o2)C1.Cl. The summed E-state index contributed by atoms with van der Waals surface area (Å²) in [5.74, 6) is 0.699. The van der Waals surface area contributed by atoms with E-state index in [2.05, 4.69) is 10.2 Å². The van der Waals surface area contributed by atoms with Crippen LogP contribution >= 0.6 is 12.4 Å². The van der Waals surface area contributed by atoms with Gasteiger partial charge in [-0.3, -0.25) is 4.90 Å². The number of halogens is 2. The molecule has 1 aromatic carbocycles. The van der Waals surface area contributed by atoms with E-state index < -0.39 is 0 Å². The van der Waals surface area contributed by atoms with Crippen molar-refractivity contribution in [3.63, 3.8) is 0 Å². The largest absolute Gasteiger partial charge is 0.460 e. The van der Waals surface area contributed by atoms with E-state index in [1.54, 1.807) is 6.07 Å². The van der Waals surface area contributed by atoms with E-state index in [1.807, 2.05) is 13.1 Å². The molecule has 2 aromatic rings. The number of likely N-dealkylation sites (tertiary alicyclic amines) is 1. The molecule has 1 aliphatic heterocycles. The molecule has 110 valence electrons. The summed E-state index contributed by atoms with van der Waals surface area (Å²) in [7, 11) is 2.01. The second-order valence-electron chi connectivity index (χ2n) is 5.26. The van der Waals surface area contributed by atoms with E-state index in [0.717, 1.165) is 36.4 Å². The van der Waals surface area contributed by atoms with Gasteiger partial charge in [-0.1, -0.05) is 0 Å². The lowest BCUT2D eigenvalue weighted by molar-refractivity contribution is 0.177. The molecule has 0 radical (unpaired) electrons. The van der Waals surface area contributed by atoms with Crippen molar-refractivity contribution in [3.8, 4) is 0 Å². The van der Waals surface area contributed by atoms with Crippen molar-refractivity contribution in [1.82, 2.24) is 10.2 Å². The molecule has 2 heterocycles. The van der Waals surface area contributed by atoms with Crippen molar-refractivity contribution >= 4 is 23.4 Å². The van der Waals surface area contributed by atoms with E-state index in [9.17, 15) is 4.39 Å². The van der Waals surface area contributed by atoms with Crippen molar-refractivity contribution in [2.24, 2.45) is 0 Å². The Labute approximate surface area is 124 Å². The molecule has 0 amide bonds. The summed E-state index contributed by atoms with van der Waals surface area (Å²) in [5.41, 5.74) is 0.763. The highest BCUT2D eigenvalue weighted by molar-refractivity contribution is 5.85. The molecular weight excluding hydrogens is 279 g/mol. The summed E-state index contributed by atoms with van der Waals surface area (Å²) >= 11 is 0. The van der Waals surface area contributed by atoms with E-state index >= 15 is 0 Å². The first-order valence-corrected chi connectivity index (χ1v) is 6.82. The van der Waals surface area contributed by atoms with Crippen LogP contribution in [0.25, 0.3) is 11.0 Å². The van der Waals surface area contributed by atoms with Crippen LogP contribution < -0.4 is 5.32 Å².